The first-order valence-corrected chi connectivity index (χ1v) is 12.1. The number of anilines is 1. The zero-order valence-electron chi connectivity index (χ0n) is 20.8. The number of nitrogens with two attached hydrogens (primary N) is 1. The van der Waals surface area contributed by atoms with Gasteiger partial charge in [0.2, 0.25) is 0 Å². The molecule has 0 saturated carbocycles. The number of amides is 1. The molecule has 1 fully saturated rings. The number of ether oxygens (including phenoxy) is 2. The smallest absolute Gasteiger partial charge is 0.414 e. The third-order valence-corrected chi connectivity index (χ3v) is 6.19. The van der Waals surface area contributed by atoms with Gasteiger partial charge in [-0.25, -0.2) is 18.0 Å². The van der Waals surface area contributed by atoms with Crippen LogP contribution in [0.3, 0.4) is 0 Å². The molecule has 1 amide bonds. The van der Waals surface area contributed by atoms with E-state index in [2.05, 4.69) is 20.7 Å². The van der Waals surface area contributed by atoms with Crippen LogP contribution in [0.2, 0.25) is 0 Å². The fourth-order valence-electron chi connectivity index (χ4n) is 4.28. The molecule has 1 aromatic heterocycles. The van der Waals surface area contributed by atoms with Crippen LogP contribution in [0.25, 0.3) is 5.57 Å². The van der Waals surface area contributed by atoms with E-state index < -0.39 is 46.6 Å². The third kappa shape index (κ3) is 6.44. The van der Waals surface area contributed by atoms with Gasteiger partial charge in [-0.2, -0.15) is 15.4 Å². The van der Waals surface area contributed by atoms with Crippen LogP contribution in [-0.2, 0) is 16.0 Å². The van der Waals surface area contributed by atoms with E-state index in [9.17, 15) is 4.79 Å². The Morgan fingerprint density at radius 3 is 2.95 bits per heavy atom. The van der Waals surface area contributed by atoms with Gasteiger partial charge in [-0.1, -0.05) is 0 Å². The Kier molecular flexibility index (Phi) is 8.54. The Hall–Kier alpha value is -3.62. The molecule has 0 radical (unpaired) electrons. The first-order chi connectivity index (χ1) is 18.2. The highest BCUT2D eigenvalue weighted by atomic mass is 19.2. The van der Waals surface area contributed by atoms with Gasteiger partial charge in [0, 0.05) is 38.4 Å². The summed E-state index contributed by atoms with van der Waals surface area (Å²) in [5, 5.41) is 22.3. The van der Waals surface area contributed by atoms with Gasteiger partial charge in [-0.15, -0.1) is 0 Å². The molecule has 1 saturated heterocycles. The van der Waals surface area contributed by atoms with Crippen molar-refractivity contribution in [3.8, 4) is 0 Å². The first kappa shape index (κ1) is 27.4. The fourth-order valence-corrected chi connectivity index (χ4v) is 4.28. The van der Waals surface area contributed by atoms with Gasteiger partial charge in [-0.05, 0) is 31.4 Å². The summed E-state index contributed by atoms with van der Waals surface area (Å²) in [4.78, 5) is 15.1. The molecule has 0 aliphatic carbocycles. The molecule has 5 N–H and O–H groups in total. The second-order valence-corrected chi connectivity index (χ2v) is 9.24. The van der Waals surface area contributed by atoms with Gasteiger partial charge in [0.05, 0.1) is 42.6 Å². The number of rotatable bonds is 11. The van der Waals surface area contributed by atoms with E-state index in [1.54, 1.807) is 12.4 Å². The van der Waals surface area contributed by atoms with E-state index in [0.29, 0.717) is 50.9 Å². The van der Waals surface area contributed by atoms with E-state index in [1.807, 2.05) is 4.90 Å². The highest BCUT2D eigenvalue weighted by Gasteiger charge is 2.37. The largest absolute Gasteiger partial charge is 0.516 e. The number of aliphatic hydroxyl groups is 1. The Balaban J connectivity index is 1.43. The molecule has 3 heterocycles. The number of H-pyrrole nitrogens is 1. The SMILES string of the molecule is CC(N)(/C=C\O)OCC1CN(c2cc(F)c(C3=CN(CCNCc4cn[nH]n4)CCC3)c(F)c2F)C(=O)O1. The minimum absolute atomic E-state index is 0.180. The number of carbonyl (C=O) groups excluding carboxylic acids is 1. The van der Waals surface area contributed by atoms with Crippen molar-refractivity contribution in [1.82, 2.24) is 25.6 Å². The molecule has 2 aromatic rings. The van der Waals surface area contributed by atoms with Crippen molar-refractivity contribution in [2.75, 3.05) is 37.7 Å². The lowest BCUT2D eigenvalue weighted by molar-refractivity contribution is -0.0318. The molecule has 14 heteroatoms. The predicted molar refractivity (Wildman–Crippen MR) is 131 cm³/mol. The van der Waals surface area contributed by atoms with E-state index in [-0.39, 0.29) is 13.2 Å². The molecule has 38 heavy (non-hydrogen) atoms. The molecule has 4 rings (SSSR count). The number of nitrogens with one attached hydrogen (secondary N) is 2. The average Bonchev–Trinajstić information content (AvgIpc) is 3.53. The Bertz CT molecular complexity index is 1190. The topological polar surface area (TPSA) is 142 Å². The van der Waals surface area contributed by atoms with Crippen LogP contribution in [0, 0.1) is 17.5 Å². The molecule has 11 nitrogen and oxygen atoms in total. The summed E-state index contributed by atoms with van der Waals surface area (Å²) in [7, 11) is 0. The van der Waals surface area contributed by atoms with Crippen molar-refractivity contribution in [2.45, 2.75) is 38.1 Å². The van der Waals surface area contributed by atoms with Gasteiger partial charge >= 0.3 is 6.09 Å². The highest BCUT2D eigenvalue weighted by molar-refractivity contribution is 5.90. The van der Waals surface area contributed by atoms with Crippen molar-refractivity contribution in [3.63, 3.8) is 0 Å². The van der Waals surface area contributed by atoms with E-state index in [1.165, 1.54) is 13.0 Å². The lowest BCUT2D eigenvalue weighted by atomic mass is 9.97. The Labute approximate surface area is 217 Å². The molecule has 206 valence electrons. The number of hydrogen-bond donors (Lipinski definition) is 4. The van der Waals surface area contributed by atoms with Crippen molar-refractivity contribution in [2.24, 2.45) is 5.73 Å². The number of aliphatic hydroxyl groups excluding tert-OH is 1. The van der Waals surface area contributed by atoms with Crippen LogP contribution in [-0.4, -0.2) is 76.1 Å². The molecular weight excluding hydrogens is 507 g/mol. The summed E-state index contributed by atoms with van der Waals surface area (Å²) in [5.74, 6) is -3.70. The van der Waals surface area contributed by atoms with Crippen LogP contribution >= 0.6 is 0 Å². The normalized spacial score (nSPS) is 19.7. The molecule has 0 spiro atoms. The summed E-state index contributed by atoms with van der Waals surface area (Å²) < 4.78 is 56.1. The van der Waals surface area contributed by atoms with Gasteiger partial charge in [0.25, 0.3) is 0 Å². The second-order valence-electron chi connectivity index (χ2n) is 9.24. The summed E-state index contributed by atoms with van der Waals surface area (Å²) >= 11 is 0. The highest BCUT2D eigenvalue weighted by Crippen LogP contribution is 2.35. The zero-order chi connectivity index (χ0) is 27.3. The van der Waals surface area contributed by atoms with Gasteiger partial charge in [-0.3, -0.25) is 4.90 Å². The molecule has 2 aliphatic rings. The van der Waals surface area contributed by atoms with E-state index >= 15 is 13.2 Å². The van der Waals surface area contributed by atoms with Gasteiger partial charge in [0.15, 0.2) is 11.6 Å². The third-order valence-electron chi connectivity index (χ3n) is 6.19. The number of aromatic nitrogens is 3. The molecule has 2 aliphatic heterocycles. The molecule has 2 atom stereocenters. The van der Waals surface area contributed by atoms with E-state index in [4.69, 9.17) is 20.3 Å². The number of allylic oxidation sites excluding steroid dienone is 1. The summed E-state index contributed by atoms with van der Waals surface area (Å²) in [6.45, 7) is 3.46. The number of cyclic esters (lactones) is 1. The molecule has 2 unspecified atom stereocenters. The Morgan fingerprint density at radius 1 is 1.39 bits per heavy atom. The maximum atomic E-state index is 15.2. The van der Waals surface area contributed by atoms with Crippen LogP contribution in [0.15, 0.2) is 30.8 Å². The minimum Gasteiger partial charge on any atom is -0.516 e. The van der Waals surface area contributed by atoms with Crippen LogP contribution in [0.1, 0.15) is 31.0 Å². The monoisotopic (exact) mass is 537 g/mol. The molecular formula is C24H30F3N7O4. The van der Waals surface area contributed by atoms with Crippen molar-refractivity contribution in [3.05, 3.63) is 59.5 Å². The summed E-state index contributed by atoms with van der Waals surface area (Å²) in [6.07, 6.45) is 4.33. The van der Waals surface area contributed by atoms with Crippen LogP contribution < -0.4 is 16.0 Å². The predicted octanol–water partition coefficient (Wildman–Crippen LogP) is 2.54. The quantitative estimate of drug-likeness (QED) is 0.147. The number of aromatic amines is 1. The molecule has 1 aromatic carbocycles. The first-order valence-electron chi connectivity index (χ1n) is 12.1. The van der Waals surface area contributed by atoms with Crippen molar-refractivity contribution < 1.29 is 32.5 Å². The average molecular weight is 538 g/mol. The second kappa shape index (κ2) is 11.8. The zero-order valence-corrected chi connectivity index (χ0v) is 20.8. The van der Waals surface area contributed by atoms with Gasteiger partial charge in [0.1, 0.15) is 17.6 Å². The van der Waals surface area contributed by atoms with Crippen molar-refractivity contribution in [1.29, 1.82) is 0 Å². The number of benzene rings is 1. The Morgan fingerprint density at radius 2 is 2.21 bits per heavy atom. The minimum atomic E-state index is -1.37. The lowest BCUT2D eigenvalue weighted by Crippen LogP contribution is -2.40. The van der Waals surface area contributed by atoms with Crippen LogP contribution in [0.5, 0.6) is 0 Å². The number of carbonyl (C=O) groups is 1. The summed E-state index contributed by atoms with van der Waals surface area (Å²) in [5.41, 5.74) is 4.55. The fraction of sp³-hybridized carbons (Fsp3) is 0.458. The van der Waals surface area contributed by atoms with E-state index in [0.717, 1.165) is 16.7 Å². The molecule has 0 bridgehead atoms. The maximum absolute atomic E-state index is 15.2. The van der Waals surface area contributed by atoms with Crippen LogP contribution in [0.4, 0.5) is 23.7 Å². The number of hydrogen-bond acceptors (Lipinski definition) is 9. The standard InChI is InChI=1S/C24H30F3N7O4/c1-24(28,4-8-35)37-14-17-13-34(23(36)38-17)19-9-18(25)20(22(27)21(19)26)15-3-2-6-33(12-15)7-5-29-10-16-11-30-32-31-16/h4,8-9,11-12,17,29,35H,2-3,5-7,10,13-14,28H2,1H3,(H,30,31,32)/b8-4-. The van der Waals surface area contributed by atoms with Crippen molar-refractivity contribution >= 4 is 17.4 Å². The number of nitrogens with zero attached hydrogens (tertiary/aromatic N) is 4. The maximum Gasteiger partial charge on any atom is 0.414 e. The number of halogens is 3. The summed E-state index contributed by atoms with van der Waals surface area (Å²) in [6, 6.07) is 0.805. The van der Waals surface area contributed by atoms with Gasteiger partial charge < -0.3 is 30.5 Å². The lowest BCUT2D eigenvalue weighted by Gasteiger charge is -2.27.